The van der Waals surface area contributed by atoms with E-state index in [-0.39, 0.29) is 0 Å². The minimum Gasteiger partial charge on any atom is -0.397 e. The van der Waals surface area contributed by atoms with Crippen molar-refractivity contribution in [1.82, 2.24) is 0 Å². The fourth-order valence-electron chi connectivity index (χ4n) is 3.43. The lowest BCUT2D eigenvalue weighted by atomic mass is 9.93. The van der Waals surface area contributed by atoms with Crippen LogP contribution in [-0.2, 0) is 0 Å². The third-order valence-corrected chi connectivity index (χ3v) is 5.06. The first kappa shape index (κ1) is 22.2. The highest BCUT2D eigenvalue weighted by atomic mass is 14.8. The molecule has 0 unspecified atom stereocenters. The Bertz CT molecular complexity index is 1050. The van der Waals surface area contributed by atoms with Gasteiger partial charge in [0, 0.05) is 5.56 Å². The highest BCUT2D eigenvalue weighted by molar-refractivity contribution is 6.12. The van der Waals surface area contributed by atoms with Gasteiger partial charge in [-0.15, -0.1) is 0 Å². The lowest BCUT2D eigenvalue weighted by Crippen LogP contribution is -2.05. The Morgan fingerprint density at radius 2 is 1.29 bits per heavy atom. The first-order chi connectivity index (χ1) is 15.0. The summed E-state index contributed by atoms with van der Waals surface area (Å²) in [6.07, 6.45) is 3.63. The molecular formula is C28H31N3. The van der Waals surface area contributed by atoms with Crippen LogP contribution in [0.15, 0.2) is 101 Å². The second-order valence-corrected chi connectivity index (χ2v) is 8.20. The van der Waals surface area contributed by atoms with Crippen molar-refractivity contribution >= 4 is 23.3 Å². The number of benzene rings is 3. The lowest BCUT2D eigenvalue weighted by Gasteiger charge is -2.16. The SMILES string of the molecule is CC(C)c1cccc(C(C)C)c1N=C/C(N)=C/C(=Nc1ccccc1)c1ccccc1. The summed E-state index contributed by atoms with van der Waals surface area (Å²) in [5, 5.41) is 0. The highest BCUT2D eigenvalue weighted by Crippen LogP contribution is 2.34. The summed E-state index contributed by atoms with van der Waals surface area (Å²) in [5.74, 6) is 0.770. The third-order valence-electron chi connectivity index (χ3n) is 5.06. The van der Waals surface area contributed by atoms with Gasteiger partial charge >= 0.3 is 0 Å². The minimum absolute atomic E-state index is 0.385. The fourth-order valence-corrected chi connectivity index (χ4v) is 3.43. The molecule has 0 radical (unpaired) electrons. The maximum absolute atomic E-state index is 6.40. The van der Waals surface area contributed by atoms with Crippen molar-refractivity contribution < 1.29 is 0 Å². The van der Waals surface area contributed by atoms with E-state index in [4.69, 9.17) is 15.7 Å². The van der Waals surface area contributed by atoms with E-state index in [1.54, 1.807) is 6.21 Å². The molecule has 0 bridgehead atoms. The number of aliphatic imine (C=N–C) groups is 2. The number of hydrogen-bond donors (Lipinski definition) is 1. The summed E-state index contributed by atoms with van der Waals surface area (Å²) in [6, 6.07) is 26.4. The summed E-state index contributed by atoms with van der Waals surface area (Å²) in [5.41, 5.74) is 13.1. The van der Waals surface area contributed by atoms with E-state index in [0.717, 1.165) is 22.6 Å². The van der Waals surface area contributed by atoms with Gasteiger partial charge in [-0.1, -0.05) is 94.4 Å². The molecule has 3 rings (SSSR count). The van der Waals surface area contributed by atoms with Gasteiger partial charge in [-0.05, 0) is 41.2 Å². The second-order valence-electron chi connectivity index (χ2n) is 8.20. The molecule has 0 amide bonds. The lowest BCUT2D eigenvalue weighted by molar-refractivity contribution is 0.835. The van der Waals surface area contributed by atoms with Crippen molar-refractivity contribution in [1.29, 1.82) is 0 Å². The van der Waals surface area contributed by atoms with Gasteiger partial charge in [0.25, 0.3) is 0 Å². The van der Waals surface area contributed by atoms with Gasteiger partial charge in [0.15, 0.2) is 0 Å². The van der Waals surface area contributed by atoms with Crippen LogP contribution in [0, 0.1) is 0 Å². The molecular weight excluding hydrogens is 378 g/mol. The van der Waals surface area contributed by atoms with Gasteiger partial charge in [0.05, 0.1) is 29.0 Å². The normalized spacial score (nSPS) is 12.8. The Hall–Kier alpha value is -3.46. The summed E-state index contributed by atoms with van der Waals surface area (Å²) in [4.78, 5) is 9.64. The summed E-state index contributed by atoms with van der Waals surface area (Å²) < 4.78 is 0. The molecule has 3 heteroatoms. The highest BCUT2D eigenvalue weighted by Gasteiger charge is 2.12. The summed E-state index contributed by atoms with van der Waals surface area (Å²) in [7, 11) is 0. The van der Waals surface area contributed by atoms with Gasteiger partial charge in [-0.3, -0.25) is 4.99 Å². The molecule has 0 saturated heterocycles. The van der Waals surface area contributed by atoms with Crippen molar-refractivity contribution in [3.05, 3.63) is 107 Å². The van der Waals surface area contributed by atoms with Crippen LogP contribution in [-0.4, -0.2) is 11.9 Å². The van der Waals surface area contributed by atoms with E-state index < -0.39 is 0 Å². The van der Waals surface area contributed by atoms with E-state index in [9.17, 15) is 0 Å². The Kier molecular flexibility index (Phi) is 7.55. The zero-order valence-electron chi connectivity index (χ0n) is 18.8. The molecule has 158 valence electrons. The van der Waals surface area contributed by atoms with E-state index in [1.165, 1.54) is 11.1 Å². The molecule has 3 aromatic carbocycles. The van der Waals surface area contributed by atoms with Crippen LogP contribution in [0.25, 0.3) is 0 Å². The van der Waals surface area contributed by atoms with Crippen LogP contribution in [0.2, 0.25) is 0 Å². The predicted octanol–water partition coefficient (Wildman–Crippen LogP) is 7.30. The van der Waals surface area contributed by atoms with Crippen molar-refractivity contribution in [2.75, 3.05) is 0 Å². The van der Waals surface area contributed by atoms with E-state index in [0.29, 0.717) is 17.5 Å². The zero-order chi connectivity index (χ0) is 22.2. The molecule has 0 spiro atoms. The average Bonchev–Trinajstić information content (AvgIpc) is 2.78. The number of hydrogen-bond acceptors (Lipinski definition) is 3. The van der Waals surface area contributed by atoms with E-state index in [1.807, 2.05) is 66.7 Å². The monoisotopic (exact) mass is 409 g/mol. The zero-order valence-corrected chi connectivity index (χ0v) is 18.8. The summed E-state index contributed by atoms with van der Waals surface area (Å²) in [6.45, 7) is 8.77. The minimum atomic E-state index is 0.385. The molecule has 2 N–H and O–H groups in total. The molecule has 3 aromatic rings. The van der Waals surface area contributed by atoms with E-state index >= 15 is 0 Å². The molecule has 0 heterocycles. The Labute approximate surface area is 186 Å². The molecule has 3 nitrogen and oxygen atoms in total. The van der Waals surface area contributed by atoms with Crippen LogP contribution >= 0.6 is 0 Å². The van der Waals surface area contributed by atoms with Crippen molar-refractivity contribution in [2.24, 2.45) is 15.7 Å². The quantitative estimate of drug-likeness (QED) is 0.409. The first-order valence-corrected chi connectivity index (χ1v) is 10.8. The van der Waals surface area contributed by atoms with Crippen LogP contribution in [0.5, 0.6) is 0 Å². The fraction of sp³-hybridized carbons (Fsp3) is 0.214. The van der Waals surface area contributed by atoms with Crippen LogP contribution in [0.3, 0.4) is 0 Å². The van der Waals surface area contributed by atoms with Gasteiger partial charge < -0.3 is 5.73 Å². The third kappa shape index (κ3) is 6.02. The molecule has 0 aliphatic rings. The molecule has 0 aliphatic carbocycles. The van der Waals surface area contributed by atoms with Crippen LogP contribution < -0.4 is 5.73 Å². The largest absolute Gasteiger partial charge is 0.397 e. The maximum atomic E-state index is 6.40. The number of allylic oxidation sites excluding steroid dienone is 2. The van der Waals surface area contributed by atoms with Crippen molar-refractivity contribution in [3.63, 3.8) is 0 Å². The van der Waals surface area contributed by atoms with Crippen molar-refractivity contribution in [3.8, 4) is 0 Å². The predicted molar refractivity (Wildman–Crippen MR) is 134 cm³/mol. The maximum Gasteiger partial charge on any atom is 0.0730 e. The number of nitrogens with zero attached hydrogens (tertiary/aromatic N) is 2. The topological polar surface area (TPSA) is 50.7 Å². The second kappa shape index (κ2) is 10.5. The Morgan fingerprint density at radius 3 is 1.84 bits per heavy atom. The van der Waals surface area contributed by atoms with Gasteiger partial charge in [0.1, 0.15) is 0 Å². The molecule has 0 fully saturated rings. The Balaban J connectivity index is 2.01. The number of nitrogens with two attached hydrogens (primary N) is 1. The van der Waals surface area contributed by atoms with Crippen LogP contribution in [0.1, 0.15) is 56.2 Å². The molecule has 0 saturated carbocycles. The molecule has 0 aliphatic heterocycles. The van der Waals surface area contributed by atoms with Crippen LogP contribution in [0.4, 0.5) is 11.4 Å². The standard InChI is InChI=1S/C28H31N3/c1-20(2)25-16-11-17-26(21(3)4)28(25)30-19-23(29)18-27(22-12-7-5-8-13-22)31-24-14-9-6-10-15-24/h5-21H,29H2,1-4H3/b23-18-,30-19?,31-27?. The van der Waals surface area contributed by atoms with Gasteiger partial charge in [-0.2, -0.15) is 0 Å². The number of rotatable bonds is 7. The molecule has 31 heavy (non-hydrogen) atoms. The summed E-state index contributed by atoms with van der Waals surface area (Å²) >= 11 is 0. The number of para-hydroxylation sites is 2. The van der Waals surface area contributed by atoms with Crippen molar-refractivity contribution in [2.45, 2.75) is 39.5 Å². The molecule has 0 aromatic heterocycles. The smallest absolute Gasteiger partial charge is 0.0730 e. The molecule has 0 atom stereocenters. The average molecular weight is 410 g/mol. The van der Waals surface area contributed by atoms with E-state index in [2.05, 4.69) is 45.9 Å². The Morgan fingerprint density at radius 1 is 0.742 bits per heavy atom. The van der Waals surface area contributed by atoms with Gasteiger partial charge in [0.2, 0.25) is 0 Å². The van der Waals surface area contributed by atoms with Gasteiger partial charge in [-0.25, -0.2) is 4.99 Å². The first-order valence-electron chi connectivity index (χ1n) is 10.8.